The predicted molar refractivity (Wildman–Crippen MR) is 59.0 cm³/mol. The highest BCUT2D eigenvalue weighted by molar-refractivity contribution is 6.04. The van der Waals surface area contributed by atoms with Crippen LogP contribution in [0.3, 0.4) is 0 Å². The molecule has 1 aromatic carbocycles. The van der Waals surface area contributed by atoms with Crippen LogP contribution in [0.25, 0.3) is 0 Å². The molecule has 0 aromatic heterocycles. The number of rotatable bonds is 1. The normalized spacial score (nSPS) is 17.6. The van der Waals surface area contributed by atoms with Crippen molar-refractivity contribution in [1.82, 2.24) is 0 Å². The van der Waals surface area contributed by atoms with Gasteiger partial charge in [0.25, 0.3) is 0 Å². The Morgan fingerprint density at radius 2 is 2.13 bits per heavy atom. The summed E-state index contributed by atoms with van der Waals surface area (Å²) in [5.41, 5.74) is 4.19. The van der Waals surface area contributed by atoms with Crippen LogP contribution in [0.2, 0.25) is 0 Å². The topological polar surface area (TPSA) is 41.8 Å². The first kappa shape index (κ1) is 10.0. The third kappa shape index (κ3) is 1.58. The summed E-state index contributed by atoms with van der Waals surface area (Å²) in [6, 6.07) is 3.99. The SMILES string of the molecule is COc1ccc(C)c2c1CCC/C2=N\O. The van der Waals surface area contributed by atoms with Crippen molar-refractivity contribution >= 4 is 5.71 Å². The Bertz CT molecular complexity index is 410. The fraction of sp³-hybridized carbons (Fsp3) is 0.417. The van der Waals surface area contributed by atoms with E-state index in [9.17, 15) is 0 Å². The lowest BCUT2D eigenvalue weighted by Crippen LogP contribution is -2.14. The van der Waals surface area contributed by atoms with Gasteiger partial charge in [-0.3, -0.25) is 0 Å². The molecule has 0 fully saturated rings. The molecule has 0 bridgehead atoms. The second kappa shape index (κ2) is 3.93. The molecule has 1 N–H and O–H groups in total. The molecule has 0 atom stereocenters. The standard InChI is InChI=1S/C12H15NO2/c1-8-6-7-11(15-2)9-4-3-5-10(13-14)12(8)9/h6-7,14H,3-5H2,1-2H3/b13-10+. The van der Waals surface area contributed by atoms with Crippen molar-refractivity contribution in [3.8, 4) is 5.75 Å². The van der Waals surface area contributed by atoms with Gasteiger partial charge in [0, 0.05) is 11.1 Å². The minimum absolute atomic E-state index is 0.785. The average molecular weight is 205 g/mol. The molecule has 0 saturated carbocycles. The molecule has 2 rings (SSSR count). The van der Waals surface area contributed by atoms with Crippen molar-refractivity contribution in [2.75, 3.05) is 7.11 Å². The molecule has 15 heavy (non-hydrogen) atoms. The Morgan fingerprint density at radius 3 is 2.80 bits per heavy atom. The lowest BCUT2D eigenvalue weighted by Gasteiger charge is -2.21. The van der Waals surface area contributed by atoms with Gasteiger partial charge in [0.15, 0.2) is 0 Å². The zero-order valence-electron chi connectivity index (χ0n) is 9.08. The van der Waals surface area contributed by atoms with E-state index in [0.29, 0.717) is 0 Å². The molecular formula is C12H15NO2. The summed E-state index contributed by atoms with van der Waals surface area (Å²) >= 11 is 0. The summed E-state index contributed by atoms with van der Waals surface area (Å²) in [5, 5.41) is 12.4. The first-order valence-corrected chi connectivity index (χ1v) is 5.15. The summed E-state index contributed by atoms with van der Waals surface area (Å²) in [6.07, 6.45) is 2.86. The van der Waals surface area contributed by atoms with Crippen molar-refractivity contribution in [1.29, 1.82) is 0 Å². The maximum Gasteiger partial charge on any atom is 0.122 e. The lowest BCUT2D eigenvalue weighted by molar-refractivity contribution is 0.317. The van der Waals surface area contributed by atoms with E-state index in [1.54, 1.807) is 7.11 Å². The van der Waals surface area contributed by atoms with Gasteiger partial charge in [-0.05, 0) is 37.8 Å². The smallest absolute Gasteiger partial charge is 0.122 e. The molecule has 0 amide bonds. The summed E-state index contributed by atoms with van der Waals surface area (Å²) in [4.78, 5) is 0. The number of hydrogen-bond acceptors (Lipinski definition) is 3. The summed E-state index contributed by atoms with van der Waals surface area (Å²) in [6.45, 7) is 2.04. The maximum atomic E-state index is 8.97. The van der Waals surface area contributed by atoms with E-state index in [0.717, 1.165) is 41.9 Å². The van der Waals surface area contributed by atoms with Crippen LogP contribution in [-0.2, 0) is 6.42 Å². The first-order chi connectivity index (χ1) is 7.27. The van der Waals surface area contributed by atoms with Crippen LogP contribution >= 0.6 is 0 Å². The molecular weight excluding hydrogens is 190 g/mol. The van der Waals surface area contributed by atoms with Gasteiger partial charge in [-0.2, -0.15) is 0 Å². The highest BCUT2D eigenvalue weighted by Gasteiger charge is 2.21. The van der Waals surface area contributed by atoms with E-state index in [-0.39, 0.29) is 0 Å². The van der Waals surface area contributed by atoms with Gasteiger partial charge in [-0.1, -0.05) is 11.2 Å². The van der Waals surface area contributed by atoms with Crippen LogP contribution in [0, 0.1) is 6.92 Å². The van der Waals surface area contributed by atoms with E-state index < -0.39 is 0 Å². The van der Waals surface area contributed by atoms with Crippen molar-refractivity contribution in [2.24, 2.45) is 5.16 Å². The van der Waals surface area contributed by atoms with Crippen molar-refractivity contribution in [3.63, 3.8) is 0 Å². The maximum absolute atomic E-state index is 8.97. The number of oxime groups is 1. The number of nitrogens with zero attached hydrogens (tertiary/aromatic N) is 1. The fourth-order valence-electron chi connectivity index (χ4n) is 2.24. The third-order valence-electron chi connectivity index (χ3n) is 2.95. The van der Waals surface area contributed by atoms with E-state index in [1.165, 1.54) is 5.56 Å². The molecule has 0 aliphatic heterocycles. The van der Waals surface area contributed by atoms with Crippen molar-refractivity contribution < 1.29 is 9.94 Å². The highest BCUT2D eigenvalue weighted by atomic mass is 16.5. The number of ether oxygens (including phenoxy) is 1. The molecule has 0 radical (unpaired) electrons. The molecule has 1 aromatic rings. The molecule has 0 unspecified atom stereocenters. The molecule has 80 valence electrons. The molecule has 1 aliphatic rings. The number of fused-ring (bicyclic) bond motifs is 1. The van der Waals surface area contributed by atoms with E-state index in [1.807, 2.05) is 19.1 Å². The molecule has 0 spiro atoms. The van der Waals surface area contributed by atoms with Gasteiger partial charge >= 0.3 is 0 Å². The van der Waals surface area contributed by atoms with Gasteiger partial charge in [-0.25, -0.2) is 0 Å². The van der Waals surface area contributed by atoms with Crippen LogP contribution in [0.15, 0.2) is 17.3 Å². The van der Waals surface area contributed by atoms with Gasteiger partial charge in [0.1, 0.15) is 5.75 Å². The molecule has 3 nitrogen and oxygen atoms in total. The van der Waals surface area contributed by atoms with Crippen LogP contribution < -0.4 is 4.74 Å². The lowest BCUT2D eigenvalue weighted by atomic mass is 9.86. The Kier molecular flexibility index (Phi) is 2.62. The van der Waals surface area contributed by atoms with E-state index >= 15 is 0 Å². The Labute approximate surface area is 89.4 Å². The number of methoxy groups -OCH3 is 1. The molecule has 3 heteroatoms. The van der Waals surface area contributed by atoms with Crippen LogP contribution in [0.5, 0.6) is 5.75 Å². The van der Waals surface area contributed by atoms with Gasteiger partial charge in [0.2, 0.25) is 0 Å². The van der Waals surface area contributed by atoms with Gasteiger partial charge < -0.3 is 9.94 Å². The highest BCUT2D eigenvalue weighted by Crippen LogP contribution is 2.32. The van der Waals surface area contributed by atoms with Crippen LogP contribution in [0.1, 0.15) is 29.5 Å². The quantitative estimate of drug-likeness (QED) is 0.565. The minimum atomic E-state index is 0.785. The van der Waals surface area contributed by atoms with Gasteiger partial charge in [0.05, 0.1) is 12.8 Å². The number of aryl methyl sites for hydroxylation is 1. The number of hydrogen-bond donors (Lipinski definition) is 1. The van der Waals surface area contributed by atoms with Gasteiger partial charge in [-0.15, -0.1) is 0 Å². The average Bonchev–Trinajstić information content (AvgIpc) is 2.29. The van der Waals surface area contributed by atoms with Crippen molar-refractivity contribution in [3.05, 3.63) is 28.8 Å². The van der Waals surface area contributed by atoms with Crippen molar-refractivity contribution in [2.45, 2.75) is 26.2 Å². The monoisotopic (exact) mass is 205 g/mol. The predicted octanol–water partition coefficient (Wildman–Crippen LogP) is 2.52. The Morgan fingerprint density at radius 1 is 1.33 bits per heavy atom. The largest absolute Gasteiger partial charge is 0.496 e. The molecule has 1 aliphatic carbocycles. The van der Waals surface area contributed by atoms with Crippen LogP contribution in [0.4, 0.5) is 0 Å². The zero-order valence-corrected chi connectivity index (χ0v) is 9.08. The second-order valence-corrected chi connectivity index (χ2v) is 3.84. The number of benzene rings is 1. The fourth-order valence-corrected chi connectivity index (χ4v) is 2.24. The summed E-state index contributed by atoms with van der Waals surface area (Å²) in [7, 11) is 1.68. The first-order valence-electron chi connectivity index (χ1n) is 5.15. The van der Waals surface area contributed by atoms with E-state index in [2.05, 4.69) is 5.16 Å². The minimum Gasteiger partial charge on any atom is -0.496 e. The molecule has 0 saturated heterocycles. The summed E-state index contributed by atoms with van der Waals surface area (Å²) in [5.74, 6) is 0.899. The van der Waals surface area contributed by atoms with Crippen LogP contribution in [-0.4, -0.2) is 18.0 Å². The molecule has 0 heterocycles. The summed E-state index contributed by atoms with van der Waals surface area (Å²) < 4.78 is 5.32. The Balaban J connectivity index is 2.64. The van der Waals surface area contributed by atoms with E-state index in [4.69, 9.17) is 9.94 Å². The third-order valence-corrected chi connectivity index (χ3v) is 2.95. The second-order valence-electron chi connectivity index (χ2n) is 3.84. The zero-order chi connectivity index (χ0) is 10.8. The Hall–Kier alpha value is -1.51.